The Morgan fingerprint density at radius 2 is 2.15 bits per heavy atom. The van der Waals surface area contributed by atoms with Gasteiger partial charge in [0.15, 0.2) is 5.54 Å². The third kappa shape index (κ3) is 2.26. The molecule has 0 bridgehead atoms. The Bertz CT molecular complexity index is 566. The monoisotopic (exact) mass is 279 g/mol. The number of nitrogens with zero attached hydrogens (tertiary/aromatic N) is 1. The van der Waals surface area contributed by atoms with Gasteiger partial charge in [0, 0.05) is 6.54 Å². The summed E-state index contributed by atoms with van der Waals surface area (Å²) in [6, 6.07) is 2.76. The minimum atomic E-state index is -1.27. The normalized spacial score (nSPS) is 22.1. The SMILES string of the molecule is CCNC(=O)CN1C(=O)N[C@@](C)(c2ccc(C)o2)C1=O. The smallest absolute Gasteiger partial charge is 0.325 e. The highest BCUT2D eigenvalue weighted by atomic mass is 16.3. The third-order valence-electron chi connectivity index (χ3n) is 3.18. The van der Waals surface area contributed by atoms with E-state index >= 15 is 0 Å². The Morgan fingerprint density at radius 1 is 1.45 bits per heavy atom. The maximum atomic E-state index is 12.4. The van der Waals surface area contributed by atoms with E-state index in [0.29, 0.717) is 18.1 Å². The van der Waals surface area contributed by atoms with Crippen LogP contribution >= 0.6 is 0 Å². The predicted octanol–water partition coefficient (Wildman–Crippen LogP) is 0.491. The second-order valence-corrected chi connectivity index (χ2v) is 4.81. The summed E-state index contributed by atoms with van der Waals surface area (Å²) in [6.07, 6.45) is 0. The average molecular weight is 279 g/mol. The average Bonchev–Trinajstić information content (AvgIpc) is 2.89. The van der Waals surface area contributed by atoms with Crippen LogP contribution in [-0.4, -0.2) is 35.8 Å². The molecular weight excluding hydrogens is 262 g/mol. The van der Waals surface area contributed by atoms with E-state index < -0.39 is 17.5 Å². The summed E-state index contributed by atoms with van der Waals surface area (Å²) in [6.45, 7) is 5.22. The van der Waals surface area contributed by atoms with Crippen LogP contribution in [0.15, 0.2) is 16.5 Å². The van der Waals surface area contributed by atoms with E-state index in [0.717, 1.165) is 4.90 Å². The molecule has 2 rings (SSSR count). The first kappa shape index (κ1) is 14.1. The van der Waals surface area contributed by atoms with Crippen molar-refractivity contribution < 1.29 is 18.8 Å². The van der Waals surface area contributed by atoms with Crippen molar-refractivity contribution in [1.29, 1.82) is 0 Å². The molecule has 20 heavy (non-hydrogen) atoms. The summed E-state index contributed by atoms with van der Waals surface area (Å²) in [5, 5.41) is 5.12. The van der Waals surface area contributed by atoms with Gasteiger partial charge in [0.2, 0.25) is 5.91 Å². The summed E-state index contributed by atoms with van der Waals surface area (Å²) in [7, 11) is 0. The molecule has 0 aromatic carbocycles. The highest BCUT2D eigenvalue weighted by Crippen LogP contribution is 2.29. The molecule has 2 heterocycles. The zero-order valence-corrected chi connectivity index (χ0v) is 11.6. The van der Waals surface area contributed by atoms with Crippen molar-refractivity contribution >= 4 is 17.8 Å². The molecule has 7 nitrogen and oxygen atoms in total. The Hall–Kier alpha value is -2.31. The number of amides is 4. The predicted molar refractivity (Wildman–Crippen MR) is 69.7 cm³/mol. The lowest BCUT2D eigenvalue weighted by Crippen LogP contribution is -2.43. The number of carbonyl (C=O) groups excluding carboxylic acids is 3. The number of rotatable bonds is 4. The fourth-order valence-electron chi connectivity index (χ4n) is 2.11. The molecule has 1 aromatic heterocycles. The molecule has 1 aliphatic heterocycles. The Morgan fingerprint density at radius 3 is 2.70 bits per heavy atom. The lowest BCUT2D eigenvalue weighted by Gasteiger charge is -2.18. The van der Waals surface area contributed by atoms with Crippen molar-refractivity contribution in [1.82, 2.24) is 15.5 Å². The van der Waals surface area contributed by atoms with Gasteiger partial charge in [-0.2, -0.15) is 0 Å². The van der Waals surface area contributed by atoms with Crippen molar-refractivity contribution in [2.24, 2.45) is 0 Å². The first-order chi connectivity index (χ1) is 9.38. The fourth-order valence-corrected chi connectivity index (χ4v) is 2.11. The topological polar surface area (TPSA) is 91.7 Å². The van der Waals surface area contributed by atoms with Gasteiger partial charge < -0.3 is 15.1 Å². The van der Waals surface area contributed by atoms with Crippen LogP contribution in [0, 0.1) is 6.92 Å². The lowest BCUT2D eigenvalue weighted by atomic mass is 9.99. The number of aryl methyl sites for hydroxylation is 1. The first-order valence-electron chi connectivity index (χ1n) is 6.36. The van der Waals surface area contributed by atoms with Crippen LogP contribution in [0.3, 0.4) is 0 Å². The molecule has 1 fully saturated rings. The molecule has 1 aromatic rings. The lowest BCUT2D eigenvalue weighted by molar-refractivity contribution is -0.135. The fraction of sp³-hybridized carbons (Fsp3) is 0.462. The van der Waals surface area contributed by atoms with Gasteiger partial charge in [0.05, 0.1) is 0 Å². The van der Waals surface area contributed by atoms with Crippen molar-refractivity contribution in [2.75, 3.05) is 13.1 Å². The summed E-state index contributed by atoms with van der Waals surface area (Å²) < 4.78 is 5.43. The second kappa shape index (κ2) is 4.99. The zero-order valence-electron chi connectivity index (χ0n) is 11.6. The number of furan rings is 1. The molecule has 0 aliphatic carbocycles. The number of urea groups is 1. The van der Waals surface area contributed by atoms with E-state index in [1.165, 1.54) is 0 Å². The summed E-state index contributed by atoms with van der Waals surface area (Å²) in [4.78, 5) is 36.7. The maximum Gasteiger partial charge on any atom is 0.325 e. The van der Waals surface area contributed by atoms with Crippen LogP contribution in [0.4, 0.5) is 4.79 Å². The van der Waals surface area contributed by atoms with Gasteiger partial charge in [-0.1, -0.05) is 0 Å². The number of hydrogen-bond donors (Lipinski definition) is 2. The van der Waals surface area contributed by atoms with Crippen molar-refractivity contribution in [3.63, 3.8) is 0 Å². The zero-order chi connectivity index (χ0) is 14.9. The molecular formula is C13H17N3O4. The Labute approximate surface area is 116 Å². The highest BCUT2D eigenvalue weighted by Gasteiger charge is 2.51. The van der Waals surface area contributed by atoms with Gasteiger partial charge in [-0.15, -0.1) is 0 Å². The Balaban J connectivity index is 2.22. The van der Waals surface area contributed by atoms with E-state index in [9.17, 15) is 14.4 Å². The van der Waals surface area contributed by atoms with Crippen molar-refractivity contribution in [3.05, 3.63) is 23.7 Å². The Kier molecular flexibility index (Phi) is 3.52. The van der Waals surface area contributed by atoms with Crippen molar-refractivity contribution in [2.45, 2.75) is 26.3 Å². The third-order valence-corrected chi connectivity index (χ3v) is 3.18. The summed E-state index contributed by atoms with van der Waals surface area (Å²) in [5.74, 6) is 0.121. The first-order valence-corrected chi connectivity index (χ1v) is 6.36. The van der Waals surface area contributed by atoms with Crippen LogP contribution < -0.4 is 10.6 Å². The van der Waals surface area contributed by atoms with Gasteiger partial charge in [-0.05, 0) is 32.9 Å². The van der Waals surface area contributed by atoms with E-state index in [1.54, 1.807) is 32.9 Å². The van der Waals surface area contributed by atoms with E-state index in [2.05, 4.69) is 10.6 Å². The summed E-state index contributed by atoms with van der Waals surface area (Å²) >= 11 is 0. The standard InChI is InChI=1S/C13H17N3O4/c1-4-14-10(17)7-16-11(18)13(3,15-12(16)19)9-6-5-8(2)20-9/h5-6H,4,7H2,1-3H3,(H,14,17)(H,15,19)/t13-/m0/s1. The number of likely N-dealkylation sites (N-methyl/N-ethyl adjacent to an activating group) is 1. The molecule has 1 atom stereocenters. The molecule has 1 saturated heterocycles. The minimum Gasteiger partial charge on any atom is -0.463 e. The number of hydrogen-bond acceptors (Lipinski definition) is 4. The van der Waals surface area contributed by atoms with Gasteiger partial charge >= 0.3 is 6.03 Å². The molecule has 7 heteroatoms. The number of nitrogens with one attached hydrogen (secondary N) is 2. The molecule has 4 amide bonds. The molecule has 108 valence electrons. The van der Waals surface area contributed by atoms with E-state index in [4.69, 9.17) is 4.42 Å². The van der Waals surface area contributed by atoms with E-state index in [1.807, 2.05) is 0 Å². The van der Waals surface area contributed by atoms with Crippen LogP contribution in [0.2, 0.25) is 0 Å². The molecule has 0 saturated carbocycles. The van der Waals surface area contributed by atoms with Gasteiger partial charge in [0.1, 0.15) is 18.1 Å². The van der Waals surface area contributed by atoms with Gasteiger partial charge in [-0.3, -0.25) is 14.5 Å². The van der Waals surface area contributed by atoms with Gasteiger partial charge in [-0.25, -0.2) is 4.79 Å². The number of imide groups is 1. The molecule has 1 aliphatic rings. The highest BCUT2D eigenvalue weighted by molar-refractivity contribution is 6.08. The summed E-state index contributed by atoms with van der Waals surface area (Å²) in [5.41, 5.74) is -1.27. The minimum absolute atomic E-state index is 0.298. The van der Waals surface area contributed by atoms with Crippen LogP contribution in [0.1, 0.15) is 25.4 Å². The molecule has 2 N–H and O–H groups in total. The quantitative estimate of drug-likeness (QED) is 0.785. The molecule has 0 spiro atoms. The van der Waals surface area contributed by atoms with Gasteiger partial charge in [0.25, 0.3) is 5.91 Å². The molecule has 0 radical (unpaired) electrons. The molecule has 0 unspecified atom stereocenters. The van der Waals surface area contributed by atoms with Crippen molar-refractivity contribution in [3.8, 4) is 0 Å². The van der Waals surface area contributed by atoms with E-state index in [-0.39, 0.29) is 12.5 Å². The largest absolute Gasteiger partial charge is 0.463 e. The maximum absolute atomic E-state index is 12.4. The van der Waals surface area contributed by atoms with Crippen LogP contribution in [-0.2, 0) is 15.1 Å². The van der Waals surface area contributed by atoms with Crippen LogP contribution in [0.25, 0.3) is 0 Å². The van der Waals surface area contributed by atoms with Crippen LogP contribution in [0.5, 0.6) is 0 Å². The second-order valence-electron chi connectivity index (χ2n) is 4.81. The number of carbonyl (C=O) groups is 3.